The number of hydrogen-bond acceptors (Lipinski definition) is 4. The summed E-state index contributed by atoms with van der Waals surface area (Å²) in [6, 6.07) is 0.0141. The first-order valence-corrected chi connectivity index (χ1v) is 5.69. The molecule has 0 radical (unpaired) electrons. The van der Waals surface area contributed by atoms with Gasteiger partial charge in [-0.05, 0) is 27.7 Å². The van der Waals surface area contributed by atoms with Crippen LogP contribution in [-0.2, 0) is 0 Å². The Morgan fingerprint density at radius 3 is 2.41 bits per heavy atom. The lowest BCUT2D eigenvalue weighted by Gasteiger charge is -2.27. The maximum atomic E-state index is 12.1. The predicted molar refractivity (Wildman–Crippen MR) is 64.6 cm³/mol. The van der Waals surface area contributed by atoms with E-state index in [2.05, 4.69) is 9.97 Å². The van der Waals surface area contributed by atoms with Crippen molar-refractivity contribution >= 4 is 5.91 Å². The van der Waals surface area contributed by atoms with Crippen molar-refractivity contribution in [2.45, 2.75) is 39.8 Å². The lowest BCUT2D eigenvalue weighted by molar-refractivity contribution is 0.0572. The summed E-state index contributed by atoms with van der Waals surface area (Å²) < 4.78 is 0. The molecule has 5 heteroatoms. The van der Waals surface area contributed by atoms with Gasteiger partial charge in [0, 0.05) is 18.8 Å². The van der Waals surface area contributed by atoms with Gasteiger partial charge in [0.1, 0.15) is 5.69 Å². The van der Waals surface area contributed by atoms with Crippen LogP contribution in [0.2, 0.25) is 0 Å². The van der Waals surface area contributed by atoms with Gasteiger partial charge >= 0.3 is 0 Å². The molecule has 0 spiro atoms. The highest BCUT2D eigenvalue weighted by atomic mass is 16.3. The summed E-state index contributed by atoms with van der Waals surface area (Å²) in [4.78, 5) is 21.8. The SMILES string of the molecule is Cc1cnc(C(=O)N(CC(C)O)C(C)C)cn1. The third kappa shape index (κ3) is 3.78. The smallest absolute Gasteiger partial charge is 0.274 e. The number of nitrogens with zero attached hydrogens (tertiary/aromatic N) is 3. The highest BCUT2D eigenvalue weighted by Gasteiger charge is 2.21. The van der Waals surface area contributed by atoms with Crippen molar-refractivity contribution in [2.75, 3.05) is 6.54 Å². The molecule has 0 saturated heterocycles. The van der Waals surface area contributed by atoms with Gasteiger partial charge in [0.15, 0.2) is 0 Å². The summed E-state index contributed by atoms with van der Waals surface area (Å²) >= 11 is 0. The molecule has 17 heavy (non-hydrogen) atoms. The molecular formula is C12H19N3O2. The number of aliphatic hydroxyl groups is 1. The number of amides is 1. The molecule has 1 rings (SSSR count). The van der Waals surface area contributed by atoms with Crippen LogP contribution in [0.5, 0.6) is 0 Å². The van der Waals surface area contributed by atoms with E-state index in [1.165, 1.54) is 6.20 Å². The molecule has 94 valence electrons. The third-order valence-corrected chi connectivity index (χ3v) is 2.35. The summed E-state index contributed by atoms with van der Waals surface area (Å²) in [5, 5.41) is 9.38. The topological polar surface area (TPSA) is 66.3 Å². The number of aromatic nitrogens is 2. The average molecular weight is 237 g/mol. The fourth-order valence-electron chi connectivity index (χ4n) is 1.46. The van der Waals surface area contributed by atoms with Crippen molar-refractivity contribution < 1.29 is 9.90 Å². The Morgan fingerprint density at radius 1 is 1.35 bits per heavy atom. The van der Waals surface area contributed by atoms with E-state index < -0.39 is 6.10 Å². The number of carbonyl (C=O) groups excluding carboxylic acids is 1. The predicted octanol–water partition coefficient (Wildman–Crippen LogP) is 1.02. The quantitative estimate of drug-likeness (QED) is 0.849. The Hall–Kier alpha value is -1.49. The second-order valence-corrected chi connectivity index (χ2v) is 4.44. The molecule has 5 nitrogen and oxygen atoms in total. The van der Waals surface area contributed by atoms with Crippen LogP contribution in [-0.4, -0.2) is 44.6 Å². The number of aryl methyl sites for hydroxylation is 1. The molecule has 1 aromatic rings. The molecule has 1 N–H and O–H groups in total. The molecule has 0 fully saturated rings. The Balaban J connectivity index is 2.88. The Kier molecular flexibility index (Phi) is 4.57. The van der Waals surface area contributed by atoms with Crippen LogP contribution in [0.3, 0.4) is 0 Å². The van der Waals surface area contributed by atoms with Crippen LogP contribution in [0, 0.1) is 6.92 Å². The van der Waals surface area contributed by atoms with Crippen molar-refractivity contribution in [1.29, 1.82) is 0 Å². The second-order valence-electron chi connectivity index (χ2n) is 4.44. The molecule has 0 aromatic carbocycles. The van der Waals surface area contributed by atoms with Gasteiger partial charge in [0.2, 0.25) is 0 Å². The second kappa shape index (κ2) is 5.72. The normalized spacial score (nSPS) is 12.6. The molecule has 1 atom stereocenters. The molecule has 1 unspecified atom stereocenters. The van der Waals surface area contributed by atoms with Crippen molar-refractivity contribution in [2.24, 2.45) is 0 Å². The van der Waals surface area contributed by atoms with E-state index in [1.54, 1.807) is 18.0 Å². The standard InChI is InChI=1S/C12H19N3O2/c1-8(2)15(7-10(4)16)12(17)11-6-13-9(3)5-14-11/h5-6,8,10,16H,7H2,1-4H3. The van der Waals surface area contributed by atoms with Gasteiger partial charge in [-0.3, -0.25) is 9.78 Å². The highest BCUT2D eigenvalue weighted by Crippen LogP contribution is 2.07. The summed E-state index contributed by atoms with van der Waals surface area (Å²) in [6.45, 7) is 7.58. The van der Waals surface area contributed by atoms with Crippen LogP contribution in [0.4, 0.5) is 0 Å². The van der Waals surface area contributed by atoms with Crippen LogP contribution in [0.25, 0.3) is 0 Å². The minimum absolute atomic E-state index is 0.0141. The summed E-state index contributed by atoms with van der Waals surface area (Å²) in [5.41, 5.74) is 1.08. The summed E-state index contributed by atoms with van der Waals surface area (Å²) in [7, 11) is 0. The molecule has 1 heterocycles. The largest absolute Gasteiger partial charge is 0.392 e. The van der Waals surface area contributed by atoms with Gasteiger partial charge in [0.25, 0.3) is 5.91 Å². The lowest BCUT2D eigenvalue weighted by Crippen LogP contribution is -2.41. The zero-order chi connectivity index (χ0) is 13.0. The number of aliphatic hydroxyl groups excluding tert-OH is 1. The Bertz CT molecular complexity index is 374. The van der Waals surface area contributed by atoms with Crippen LogP contribution >= 0.6 is 0 Å². The summed E-state index contributed by atoms with van der Waals surface area (Å²) in [6.07, 6.45) is 2.48. The van der Waals surface area contributed by atoms with Gasteiger partial charge in [-0.25, -0.2) is 4.98 Å². The zero-order valence-corrected chi connectivity index (χ0v) is 10.7. The highest BCUT2D eigenvalue weighted by molar-refractivity contribution is 5.92. The first kappa shape index (κ1) is 13.6. The first-order valence-electron chi connectivity index (χ1n) is 5.69. The minimum Gasteiger partial charge on any atom is -0.392 e. The van der Waals surface area contributed by atoms with Gasteiger partial charge in [0.05, 0.1) is 18.0 Å². The van der Waals surface area contributed by atoms with E-state index in [-0.39, 0.29) is 11.9 Å². The van der Waals surface area contributed by atoms with E-state index in [0.29, 0.717) is 12.2 Å². The number of carbonyl (C=O) groups is 1. The molecule has 1 aromatic heterocycles. The molecule has 0 aliphatic carbocycles. The number of rotatable bonds is 4. The van der Waals surface area contributed by atoms with Crippen LogP contribution in [0.15, 0.2) is 12.4 Å². The Labute approximate surface area is 102 Å². The first-order chi connectivity index (χ1) is 7.91. The summed E-state index contributed by atoms with van der Waals surface area (Å²) in [5.74, 6) is -0.201. The zero-order valence-electron chi connectivity index (χ0n) is 10.7. The molecule has 0 aliphatic rings. The van der Waals surface area contributed by atoms with Crippen LogP contribution in [0.1, 0.15) is 37.0 Å². The van der Waals surface area contributed by atoms with E-state index >= 15 is 0 Å². The van der Waals surface area contributed by atoms with E-state index in [0.717, 1.165) is 5.69 Å². The minimum atomic E-state index is -0.556. The molecule has 0 bridgehead atoms. The molecule has 0 saturated carbocycles. The van der Waals surface area contributed by atoms with Gasteiger partial charge in [-0.2, -0.15) is 0 Å². The van der Waals surface area contributed by atoms with Crippen molar-refractivity contribution in [3.8, 4) is 0 Å². The van der Waals surface area contributed by atoms with Crippen molar-refractivity contribution in [1.82, 2.24) is 14.9 Å². The number of hydrogen-bond donors (Lipinski definition) is 1. The van der Waals surface area contributed by atoms with Crippen molar-refractivity contribution in [3.05, 3.63) is 23.8 Å². The Morgan fingerprint density at radius 2 is 2.00 bits per heavy atom. The maximum Gasteiger partial charge on any atom is 0.274 e. The molecule has 0 aliphatic heterocycles. The van der Waals surface area contributed by atoms with E-state index in [4.69, 9.17) is 0 Å². The van der Waals surface area contributed by atoms with Crippen molar-refractivity contribution in [3.63, 3.8) is 0 Å². The van der Waals surface area contributed by atoms with Gasteiger partial charge < -0.3 is 10.0 Å². The van der Waals surface area contributed by atoms with Crippen LogP contribution < -0.4 is 0 Å². The van der Waals surface area contributed by atoms with Gasteiger partial charge in [-0.1, -0.05) is 0 Å². The van der Waals surface area contributed by atoms with E-state index in [9.17, 15) is 9.90 Å². The van der Waals surface area contributed by atoms with Gasteiger partial charge in [-0.15, -0.1) is 0 Å². The average Bonchev–Trinajstić information content (AvgIpc) is 2.25. The third-order valence-electron chi connectivity index (χ3n) is 2.35. The molecule has 1 amide bonds. The monoisotopic (exact) mass is 237 g/mol. The maximum absolute atomic E-state index is 12.1. The fourth-order valence-corrected chi connectivity index (χ4v) is 1.46. The van der Waals surface area contributed by atoms with E-state index in [1.807, 2.05) is 20.8 Å². The fraction of sp³-hybridized carbons (Fsp3) is 0.583. The lowest BCUT2D eigenvalue weighted by atomic mass is 10.2. The molecular weight excluding hydrogens is 218 g/mol.